The minimum absolute atomic E-state index is 0.0270. The number of hydrogen-bond acceptors (Lipinski definition) is 4. The van der Waals surface area contributed by atoms with E-state index in [4.69, 9.17) is 0 Å². The van der Waals surface area contributed by atoms with Gasteiger partial charge in [-0.2, -0.15) is 5.10 Å². The molecule has 0 saturated heterocycles. The standard InChI is InChI=1S/C18H16FN5/c19-15-4-2-1-3-14(15)16-11-18(24-17(23-16)7-10-22-24)21-12-13-5-8-20-9-6-13/h1-6,8-11,17,23H,7,12H2. The molecule has 0 saturated carbocycles. The summed E-state index contributed by atoms with van der Waals surface area (Å²) in [7, 11) is 0. The van der Waals surface area contributed by atoms with E-state index < -0.39 is 0 Å². The molecule has 0 fully saturated rings. The second kappa shape index (κ2) is 6.23. The molecule has 2 aliphatic heterocycles. The highest BCUT2D eigenvalue weighted by Gasteiger charge is 2.30. The molecule has 0 bridgehead atoms. The Bertz CT molecular complexity index is 828. The van der Waals surface area contributed by atoms with Gasteiger partial charge < -0.3 is 5.32 Å². The molecule has 1 aromatic carbocycles. The van der Waals surface area contributed by atoms with Gasteiger partial charge in [0.25, 0.3) is 0 Å². The minimum atomic E-state index is -0.253. The van der Waals surface area contributed by atoms with Gasteiger partial charge in [0.2, 0.25) is 0 Å². The number of halogens is 1. The van der Waals surface area contributed by atoms with E-state index >= 15 is 0 Å². The van der Waals surface area contributed by atoms with Gasteiger partial charge in [0.15, 0.2) is 0 Å². The Morgan fingerprint density at radius 3 is 2.88 bits per heavy atom. The highest BCUT2D eigenvalue weighted by Crippen LogP contribution is 2.24. The first-order chi connectivity index (χ1) is 11.8. The molecule has 5 nitrogen and oxygen atoms in total. The number of rotatable bonds is 3. The first-order valence-corrected chi connectivity index (χ1v) is 7.79. The number of hydrogen-bond donors (Lipinski definition) is 1. The predicted octanol–water partition coefficient (Wildman–Crippen LogP) is 2.78. The molecule has 24 heavy (non-hydrogen) atoms. The lowest BCUT2D eigenvalue weighted by atomic mass is 10.1. The second-order valence-corrected chi connectivity index (χ2v) is 5.61. The van der Waals surface area contributed by atoms with Gasteiger partial charge >= 0.3 is 0 Å². The molecule has 6 heteroatoms. The van der Waals surface area contributed by atoms with Crippen molar-refractivity contribution >= 4 is 17.7 Å². The molecule has 2 aromatic rings. The number of benzene rings is 1. The number of nitrogens with zero attached hydrogens (tertiary/aromatic N) is 4. The van der Waals surface area contributed by atoms with Crippen molar-refractivity contribution in [2.24, 2.45) is 10.1 Å². The molecule has 0 spiro atoms. The lowest BCUT2D eigenvalue weighted by Crippen LogP contribution is -2.45. The molecule has 4 rings (SSSR count). The Hall–Kier alpha value is -3.02. The maximum Gasteiger partial charge on any atom is 0.148 e. The van der Waals surface area contributed by atoms with Gasteiger partial charge in [0, 0.05) is 42.4 Å². The molecule has 1 N–H and O–H groups in total. The van der Waals surface area contributed by atoms with Crippen LogP contribution in [0.1, 0.15) is 17.5 Å². The Morgan fingerprint density at radius 2 is 2.04 bits per heavy atom. The zero-order valence-corrected chi connectivity index (χ0v) is 12.9. The molecule has 0 amide bonds. The maximum absolute atomic E-state index is 14.1. The van der Waals surface area contributed by atoms with Crippen molar-refractivity contribution in [2.45, 2.75) is 19.1 Å². The first kappa shape index (κ1) is 14.6. The van der Waals surface area contributed by atoms with Crippen LogP contribution in [0.15, 0.2) is 65.0 Å². The summed E-state index contributed by atoms with van der Waals surface area (Å²) in [4.78, 5) is 8.67. The quantitative estimate of drug-likeness (QED) is 0.946. The number of aromatic nitrogens is 1. The van der Waals surface area contributed by atoms with Crippen LogP contribution in [-0.2, 0) is 6.54 Å². The number of aliphatic imine (C=N–C) groups is 1. The van der Waals surface area contributed by atoms with Crippen molar-refractivity contribution < 1.29 is 4.39 Å². The largest absolute Gasteiger partial charge is 0.363 e. The van der Waals surface area contributed by atoms with Crippen LogP contribution in [0, 0.1) is 5.82 Å². The Kier molecular flexibility index (Phi) is 3.78. The average molecular weight is 321 g/mol. The third-order valence-electron chi connectivity index (χ3n) is 4.00. The lowest BCUT2D eigenvalue weighted by molar-refractivity contribution is 0.329. The van der Waals surface area contributed by atoms with E-state index in [1.54, 1.807) is 24.5 Å². The van der Waals surface area contributed by atoms with E-state index in [0.29, 0.717) is 12.1 Å². The van der Waals surface area contributed by atoms with Gasteiger partial charge in [-0.05, 0) is 29.8 Å². The van der Waals surface area contributed by atoms with Crippen LogP contribution < -0.4 is 5.32 Å². The Labute approximate surface area is 139 Å². The zero-order valence-electron chi connectivity index (χ0n) is 12.9. The van der Waals surface area contributed by atoms with Crippen LogP contribution in [-0.4, -0.2) is 28.2 Å². The SMILES string of the molecule is Fc1ccccc1C1=CC(=NCc2ccncc2)N2N=CCC2N1. The predicted molar refractivity (Wildman–Crippen MR) is 91.6 cm³/mol. The van der Waals surface area contributed by atoms with Crippen LogP contribution in [0.4, 0.5) is 4.39 Å². The third-order valence-corrected chi connectivity index (χ3v) is 4.00. The number of nitrogens with one attached hydrogen (secondary N) is 1. The van der Waals surface area contributed by atoms with E-state index in [9.17, 15) is 4.39 Å². The van der Waals surface area contributed by atoms with E-state index in [1.165, 1.54) is 6.07 Å². The molecule has 0 aliphatic carbocycles. The molecule has 120 valence electrons. The van der Waals surface area contributed by atoms with Gasteiger partial charge in [-0.1, -0.05) is 12.1 Å². The minimum Gasteiger partial charge on any atom is -0.363 e. The van der Waals surface area contributed by atoms with Gasteiger partial charge in [-0.25, -0.2) is 9.40 Å². The summed E-state index contributed by atoms with van der Waals surface area (Å²) in [6.07, 6.45) is 7.90. The Balaban J connectivity index is 1.68. The molecule has 0 radical (unpaired) electrons. The molecule has 1 aromatic heterocycles. The normalized spacial score (nSPS) is 20.7. The van der Waals surface area contributed by atoms with Crippen LogP contribution in [0.25, 0.3) is 5.70 Å². The topological polar surface area (TPSA) is 52.9 Å². The fourth-order valence-corrected chi connectivity index (χ4v) is 2.78. The van der Waals surface area contributed by atoms with Gasteiger partial charge in [-0.15, -0.1) is 0 Å². The zero-order chi connectivity index (χ0) is 16.4. The monoisotopic (exact) mass is 321 g/mol. The van der Waals surface area contributed by atoms with Crippen molar-refractivity contribution in [3.8, 4) is 0 Å². The fraction of sp³-hybridized carbons (Fsp3) is 0.167. The van der Waals surface area contributed by atoms with Gasteiger partial charge in [-0.3, -0.25) is 9.98 Å². The smallest absolute Gasteiger partial charge is 0.148 e. The molecule has 2 aliphatic rings. The number of hydrazone groups is 1. The third kappa shape index (κ3) is 2.78. The maximum atomic E-state index is 14.1. The summed E-state index contributed by atoms with van der Waals surface area (Å²) in [5, 5.41) is 9.54. The van der Waals surface area contributed by atoms with Crippen molar-refractivity contribution in [1.82, 2.24) is 15.3 Å². The van der Waals surface area contributed by atoms with Crippen LogP contribution in [0.2, 0.25) is 0 Å². The van der Waals surface area contributed by atoms with Crippen LogP contribution in [0.3, 0.4) is 0 Å². The van der Waals surface area contributed by atoms with Crippen LogP contribution >= 0.6 is 0 Å². The second-order valence-electron chi connectivity index (χ2n) is 5.61. The van der Waals surface area contributed by atoms with Gasteiger partial charge in [0.1, 0.15) is 17.8 Å². The summed E-state index contributed by atoms with van der Waals surface area (Å²) in [5.41, 5.74) is 2.34. The molecule has 3 heterocycles. The van der Waals surface area contributed by atoms with Crippen LogP contribution in [0.5, 0.6) is 0 Å². The number of fused-ring (bicyclic) bond motifs is 1. The van der Waals surface area contributed by atoms with Gasteiger partial charge in [0.05, 0.1) is 6.54 Å². The van der Waals surface area contributed by atoms with E-state index in [0.717, 1.165) is 23.5 Å². The fourth-order valence-electron chi connectivity index (χ4n) is 2.78. The summed E-state index contributed by atoms with van der Waals surface area (Å²) in [6.45, 7) is 0.525. The summed E-state index contributed by atoms with van der Waals surface area (Å²) in [6, 6.07) is 10.6. The highest BCUT2D eigenvalue weighted by atomic mass is 19.1. The summed E-state index contributed by atoms with van der Waals surface area (Å²) in [5.74, 6) is 0.472. The molecule has 1 atom stereocenters. The summed E-state index contributed by atoms with van der Waals surface area (Å²) >= 11 is 0. The first-order valence-electron chi connectivity index (χ1n) is 7.79. The van der Waals surface area contributed by atoms with Crippen molar-refractivity contribution in [3.05, 3.63) is 71.8 Å². The van der Waals surface area contributed by atoms with Crippen molar-refractivity contribution in [2.75, 3.05) is 0 Å². The van der Waals surface area contributed by atoms with E-state index in [-0.39, 0.29) is 12.0 Å². The average Bonchev–Trinajstić information content (AvgIpc) is 3.09. The summed E-state index contributed by atoms with van der Waals surface area (Å²) < 4.78 is 14.1. The molecule has 1 unspecified atom stereocenters. The Morgan fingerprint density at radius 1 is 1.21 bits per heavy atom. The van der Waals surface area contributed by atoms with E-state index in [1.807, 2.05) is 35.5 Å². The highest BCUT2D eigenvalue weighted by molar-refractivity contribution is 6.01. The number of pyridine rings is 1. The molecular weight excluding hydrogens is 305 g/mol. The molecular formula is C18H16FN5. The number of amidine groups is 1. The van der Waals surface area contributed by atoms with Crippen molar-refractivity contribution in [3.63, 3.8) is 0 Å². The van der Waals surface area contributed by atoms with Crippen molar-refractivity contribution in [1.29, 1.82) is 0 Å². The lowest BCUT2D eigenvalue weighted by Gasteiger charge is -2.31. The van der Waals surface area contributed by atoms with E-state index in [2.05, 4.69) is 20.4 Å².